The van der Waals surface area contributed by atoms with Gasteiger partial charge in [0.15, 0.2) is 0 Å². The van der Waals surface area contributed by atoms with E-state index in [0.717, 1.165) is 22.5 Å². The molecule has 2 aromatic heterocycles. The molecule has 0 saturated carbocycles. The summed E-state index contributed by atoms with van der Waals surface area (Å²) in [6.07, 6.45) is 4.71. The van der Waals surface area contributed by atoms with Crippen LogP contribution in [-0.4, -0.2) is 27.1 Å². The van der Waals surface area contributed by atoms with E-state index in [9.17, 15) is 5.11 Å². The van der Waals surface area contributed by atoms with E-state index in [1.807, 2.05) is 19.1 Å². The monoisotopic (exact) mass is 278 g/mol. The first kappa shape index (κ1) is 13.8. The zero-order valence-corrected chi connectivity index (χ0v) is 11.7. The Hall–Kier alpha value is -1.66. The van der Waals surface area contributed by atoms with Crippen molar-refractivity contribution in [3.05, 3.63) is 24.5 Å². The maximum Gasteiger partial charge on any atom is 0.147 e. The molecule has 6 heteroatoms. The molecule has 0 aromatic carbocycles. The van der Waals surface area contributed by atoms with Crippen LogP contribution in [0.5, 0.6) is 0 Å². The van der Waals surface area contributed by atoms with Crippen molar-refractivity contribution in [2.24, 2.45) is 0 Å². The first-order chi connectivity index (χ1) is 9.22. The molecule has 0 aliphatic carbocycles. The third-order valence-electron chi connectivity index (χ3n) is 2.90. The second-order valence-electron chi connectivity index (χ2n) is 4.29. The smallest absolute Gasteiger partial charge is 0.147 e. The number of nitrogens with one attached hydrogen (secondary N) is 1. The Labute approximate surface area is 116 Å². The Balaban J connectivity index is 2.10. The molecule has 0 amide bonds. The molecule has 19 heavy (non-hydrogen) atoms. The van der Waals surface area contributed by atoms with Gasteiger partial charge in [-0.2, -0.15) is 4.37 Å². The van der Waals surface area contributed by atoms with E-state index in [1.165, 1.54) is 11.5 Å². The number of nitrogen functional groups attached to an aromatic ring is 1. The molecule has 0 aliphatic heterocycles. The second kappa shape index (κ2) is 6.49. The van der Waals surface area contributed by atoms with Gasteiger partial charge in [0.25, 0.3) is 0 Å². The third kappa shape index (κ3) is 3.42. The number of rotatable bonds is 6. The largest absolute Gasteiger partial charge is 0.393 e. The molecule has 0 bridgehead atoms. The van der Waals surface area contributed by atoms with E-state index < -0.39 is 0 Å². The van der Waals surface area contributed by atoms with Gasteiger partial charge in [0, 0.05) is 24.5 Å². The molecule has 2 rings (SSSR count). The second-order valence-corrected chi connectivity index (χ2v) is 5.06. The van der Waals surface area contributed by atoms with Crippen molar-refractivity contribution in [1.29, 1.82) is 0 Å². The van der Waals surface area contributed by atoms with Crippen LogP contribution >= 0.6 is 11.5 Å². The van der Waals surface area contributed by atoms with Crippen molar-refractivity contribution in [3.63, 3.8) is 0 Å². The molecule has 2 aromatic rings. The molecule has 0 aliphatic rings. The van der Waals surface area contributed by atoms with Crippen molar-refractivity contribution >= 4 is 22.4 Å². The molecule has 0 fully saturated rings. The number of aliphatic hydroxyl groups is 1. The number of aliphatic hydroxyl groups excluding tert-OH is 1. The highest BCUT2D eigenvalue weighted by Gasteiger charge is 2.13. The molecular formula is C13H18N4OS. The summed E-state index contributed by atoms with van der Waals surface area (Å²) in [5.41, 5.74) is 7.76. The minimum atomic E-state index is -0.264. The van der Waals surface area contributed by atoms with E-state index in [1.54, 1.807) is 12.4 Å². The fourth-order valence-corrected chi connectivity index (χ4v) is 2.53. The van der Waals surface area contributed by atoms with Crippen LogP contribution in [0, 0.1) is 0 Å². The molecule has 0 saturated heterocycles. The summed E-state index contributed by atoms with van der Waals surface area (Å²) < 4.78 is 4.18. The van der Waals surface area contributed by atoms with Crippen molar-refractivity contribution in [1.82, 2.24) is 9.36 Å². The summed E-state index contributed by atoms with van der Waals surface area (Å²) in [4.78, 5) is 4.10. The summed E-state index contributed by atoms with van der Waals surface area (Å²) in [6.45, 7) is 2.67. The Morgan fingerprint density at radius 3 is 3.05 bits per heavy atom. The normalized spacial score (nSPS) is 12.3. The van der Waals surface area contributed by atoms with Crippen LogP contribution in [0.4, 0.5) is 10.8 Å². The molecule has 0 radical (unpaired) electrons. The van der Waals surface area contributed by atoms with Gasteiger partial charge in [0.2, 0.25) is 0 Å². The Kier molecular flexibility index (Phi) is 4.70. The van der Waals surface area contributed by atoms with Gasteiger partial charge in [0.1, 0.15) is 10.8 Å². The molecule has 1 atom stereocenters. The maximum atomic E-state index is 9.54. The number of pyridine rings is 1. The van der Waals surface area contributed by atoms with Crippen molar-refractivity contribution in [3.8, 4) is 11.1 Å². The van der Waals surface area contributed by atoms with E-state index in [-0.39, 0.29) is 6.10 Å². The molecule has 2 heterocycles. The predicted molar refractivity (Wildman–Crippen MR) is 79.2 cm³/mol. The lowest BCUT2D eigenvalue weighted by atomic mass is 10.1. The van der Waals surface area contributed by atoms with E-state index >= 15 is 0 Å². The summed E-state index contributed by atoms with van der Waals surface area (Å²) in [5, 5.41) is 13.8. The standard InChI is InChI=1S/C13H18N4OS/c1-2-10(18)5-7-16-13-11(12(14)17-19-13)9-4-3-6-15-8-9/h3-4,6,8,10,16,18H,2,5,7H2,1H3,(H2,14,17). The van der Waals surface area contributed by atoms with Crippen LogP contribution in [0.25, 0.3) is 11.1 Å². The summed E-state index contributed by atoms with van der Waals surface area (Å²) in [7, 11) is 0. The van der Waals surface area contributed by atoms with Gasteiger partial charge in [-0.3, -0.25) is 4.98 Å². The van der Waals surface area contributed by atoms with Gasteiger partial charge in [-0.05, 0) is 30.4 Å². The minimum absolute atomic E-state index is 0.264. The quantitative estimate of drug-likeness (QED) is 0.755. The van der Waals surface area contributed by atoms with Crippen LogP contribution in [-0.2, 0) is 0 Å². The molecule has 102 valence electrons. The zero-order valence-electron chi connectivity index (χ0n) is 10.8. The van der Waals surface area contributed by atoms with Crippen LogP contribution in [0.15, 0.2) is 24.5 Å². The Bertz CT molecular complexity index is 515. The zero-order chi connectivity index (χ0) is 13.7. The third-order valence-corrected chi connectivity index (χ3v) is 3.72. The van der Waals surface area contributed by atoms with Crippen LogP contribution in [0.3, 0.4) is 0 Å². The Morgan fingerprint density at radius 1 is 1.53 bits per heavy atom. The van der Waals surface area contributed by atoms with Crippen molar-refractivity contribution < 1.29 is 5.11 Å². The number of aromatic nitrogens is 2. The highest BCUT2D eigenvalue weighted by atomic mass is 32.1. The average Bonchev–Trinajstić information content (AvgIpc) is 2.80. The lowest BCUT2D eigenvalue weighted by molar-refractivity contribution is 0.164. The average molecular weight is 278 g/mol. The van der Waals surface area contributed by atoms with Gasteiger partial charge in [-0.1, -0.05) is 13.0 Å². The SMILES string of the molecule is CCC(O)CCNc1snc(N)c1-c1cccnc1. The topological polar surface area (TPSA) is 84.1 Å². The fraction of sp³-hybridized carbons (Fsp3) is 0.385. The number of anilines is 2. The molecule has 0 spiro atoms. The first-order valence-electron chi connectivity index (χ1n) is 6.29. The molecule has 1 unspecified atom stereocenters. The van der Waals surface area contributed by atoms with Crippen LogP contribution in [0.1, 0.15) is 19.8 Å². The number of nitrogens with two attached hydrogens (primary N) is 1. The van der Waals surface area contributed by atoms with Crippen LogP contribution < -0.4 is 11.1 Å². The lowest BCUT2D eigenvalue weighted by Crippen LogP contribution is -2.12. The van der Waals surface area contributed by atoms with E-state index in [0.29, 0.717) is 18.8 Å². The van der Waals surface area contributed by atoms with Crippen molar-refractivity contribution in [2.75, 3.05) is 17.6 Å². The number of hydrogen-bond donors (Lipinski definition) is 3. The first-order valence-corrected chi connectivity index (χ1v) is 7.07. The van der Waals surface area contributed by atoms with Gasteiger partial charge >= 0.3 is 0 Å². The highest BCUT2D eigenvalue weighted by molar-refractivity contribution is 7.11. The van der Waals surface area contributed by atoms with Crippen LogP contribution in [0.2, 0.25) is 0 Å². The fourth-order valence-electron chi connectivity index (χ4n) is 1.77. The lowest BCUT2D eigenvalue weighted by Gasteiger charge is -2.10. The Morgan fingerprint density at radius 2 is 2.37 bits per heavy atom. The van der Waals surface area contributed by atoms with Crippen molar-refractivity contribution in [2.45, 2.75) is 25.9 Å². The van der Waals surface area contributed by atoms with Gasteiger partial charge in [-0.15, -0.1) is 0 Å². The molecule has 5 nitrogen and oxygen atoms in total. The van der Waals surface area contributed by atoms with Gasteiger partial charge in [0.05, 0.1) is 11.7 Å². The number of hydrogen-bond acceptors (Lipinski definition) is 6. The summed E-state index contributed by atoms with van der Waals surface area (Å²) in [6, 6.07) is 3.83. The predicted octanol–water partition coefficient (Wildman–Crippen LogP) is 2.36. The maximum absolute atomic E-state index is 9.54. The van der Waals surface area contributed by atoms with E-state index in [4.69, 9.17) is 5.73 Å². The molecule has 4 N–H and O–H groups in total. The summed E-state index contributed by atoms with van der Waals surface area (Å²) in [5.74, 6) is 0.511. The number of nitrogens with zero attached hydrogens (tertiary/aromatic N) is 2. The van der Waals surface area contributed by atoms with Gasteiger partial charge in [-0.25, -0.2) is 0 Å². The van der Waals surface area contributed by atoms with E-state index in [2.05, 4.69) is 14.7 Å². The molecular weight excluding hydrogens is 260 g/mol. The van der Waals surface area contributed by atoms with Gasteiger partial charge < -0.3 is 16.2 Å². The highest BCUT2D eigenvalue weighted by Crippen LogP contribution is 2.36. The minimum Gasteiger partial charge on any atom is -0.393 e. The summed E-state index contributed by atoms with van der Waals surface area (Å²) >= 11 is 1.33.